The first-order valence-corrected chi connectivity index (χ1v) is 9.42. The summed E-state index contributed by atoms with van der Waals surface area (Å²) in [6.45, 7) is 1.90. The third-order valence-electron chi connectivity index (χ3n) is 4.35. The maximum Gasteiger partial charge on any atom is 0.212 e. The number of nitrogens with one attached hydrogen (secondary N) is 1. The molecule has 0 bridgehead atoms. The van der Waals surface area contributed by atoms with E-state index in [0.717, 1.165) is 16.7 Å². The summed E-state index contributed by atoms with van der Waals surface area (Å²) in [7, 11) is -3.50. The molecule has 0 spiro atoms. The summed E-state index contributed by atoms with van der Waals surface area (Å²) in [6.07, 6.45) is -0.230. The number of rotatable bonds is 5. The Morgan fingerprint density at radius 3 is 2.52 bits per heavy atom. The average Bonchev–Trinajstić information content (AvgIpc) is 2.83. The predicted molar refractivity (Wildman–Crippen MR) is 90.7 cm³/mol. The van der Waals surface area contributed by atoms with Gasteiger partial charge in [-0.05, 0) is 22.6 Å². The lowest BCUT2D eigenvalue weighted by molar-refractivity contribution is 0.151. The highest BCUT2D eigenvalue weighted by Gasteiger charge is 2.34. The first-order chi connectivity index (χ1) is 11.0. The Morgan fingerprint density at radius 1 is 1.13 bits per heavy atom. The predicted octanol–water partition coefficient (Wildman–Crippen LogP) is 2.37. The molecule has 0 radical (unpaired) electrons. The van der Waals surface area contributed by atoms with E-state index in [1.54, 1.807) is 0 Å². The maximum atomic E-state index is 12.5. The van der Waals surface area contributed by atoms with Crippen LogP contribution in [-0.2, 0) is 16.4 Å². The third kappa shape index (κ3) is 3.63. The second kappa shape index (κ2) is 6.43. The second-order valence-corrected chi connectivity index (χ2v) is 7.96. The molecule has 1 aliphatic carbocycles. The summed E-state index contributed by atoms with van der Waals surface area (Å²) in [6, 6.07) is 16.6. The SMILES string of the molecule is CC(CS(=O)(=O)NC1c2ccccc2CC1O)c1ccccc1. The van der Waals surface area contributed by atoms with Gasteiger partial charge >= 0.3 is 0 Å². The Labute approximate surface area is 137 Å². The van der Waals surface area contributed by atoms with E-state index in [2.05, 4.69) is 4.72 Å². The summed E-state index contributed by atoms with van der Waals surface area (Å²) in [4.78, 5) is 0. The molecular weight excluding hydrogens is 310 g/mol. The molecule has 0 aromatic heterocycles. The van der Waals surface area contributed by atoms with Crippen molar-refractivity contribution >= 4 is 10.0 Å². The number of benzene rings is 2. The molecular formula is C18H21NO3S. The van der Waals surface area contributed by atoms with Crippen LogP contribution in [0.25, 0.3) is 0 Å². The van der Waals surface area contributed by atoms with Gasteiger partial charge in [-0.2, -0.15) is 0 Å². The highest BCUT2D eigenvalue weighted by Crippen LogP contribution is 2.32. The lowest BCUT2D eigenvalue weighted by Crippen LogP contribution is -2.36. The van der Waals surface area contributed by atoms with Crippen LogP contribution < -0.4 is 4.72 Å². The number of hydrogen-bond acceptors (Lipinski definition) is 3. The fourth-order valence-corrected chi connectivity index (χ4v) is 4.78. The molecule has 122 valence electrons. The molecule has 0 amide bonds. The van der Waals surface area contributed by atoms with Crippen LogP contribution in [0.1, 0.15) is 35.6 Å². The summed E-state index contributed by atoms with van der Waals surface area (Å²) in [5.41, 5.74) is 2.87. The molecule has 2 aromatic rings. The van der Waals surface area contributed by atoms with Crippen molar-refractivity contribution in [3.8, 4) is 0 Å². The molecule has 0 saturated carbocycles. The molecule has 5 heteroatoms. The first kappa shape index (κ1) is 16.2. The van der Waals surface area contributed by atoms with Crippen LogP contribution in [0, 0.1) is 0 Å². The molecule has 4 nitrogen and oxygen atoms in total. The van der Waals surface area contributed by atoms with Crippen molar-refractivity contribution in [2.24, 2.45) is 0 Å². The van der Waals surface area contributed by atoms with Crippen molar-refractivity contribution in [1.82, 2.24) is 4.72 Å². The van der Waals surface area contributed by atoms with Gasteiger partial charge in [-0.15, -0.1) is 0 Å². The summed E-state index contributed by atoms with van der Waals surface area (Å²) >= 11 is 0. The van der Waals surface area contributed by atoms with Crippen molar-refractivity contribution in [2.45, 2.75) is 31.4 Å². The van der Waals surface area contributed by atoms with Gasteiger partial charge in [0.25, 0.3) is 0 Å². The van der Waals surface area contributed by atoms with E-state index in [1.807, 2.05) is 61.5 Å². The van der Waals surface area contributed by atoms with Crippen molar-refractivity contribution in [1.29, 1.82) is 0 Å². The molecule has 0 saturated heterocycles. The zero-order valence-corrected chi connectivity index (χ0v) is 13.8. The minimum Gasteiger partial charge on any atom is -0.391 e. The maximum absolute atomic E-state index is 12.5. The van der Waals surface area contributed by atoms with Crippen LogP contribution in [-0.4, -0.2) is 25.4 Å². The van der Waals surface area contributed by atoms with Crippen molar-refractivity contribution < 1.29 is 13.5 Å². The standard InChI is InChI=1S/C18H21NO3S/c1-13(14-7-3-2-4-8-14)12-23(21,22)19-18-16-10-6-5-9-15(16)11-17(18)20/h2-10,13,17-20H,11-12H2,1H3. The van der Waals surface area contributed by atoms with E-state index in [0.29, 0.717) is 6.42 Å². The van der Waals surface area contributed by atoms with Gasteiger partial charge in [-0.25, -0.2) is 13.1 Å². The van der Waals surface area contributed by atoms with Crippen LogP contribution in [0.2, 0.25) is 0 Å². The molecule has 1 aliphatic rings. The minimum atomic E-state index is -3.50. The Bertz CT molecular complexity index is 774. The van der Waals surface area contributed by atoms with E-state index in [1.165, 1.54) is 0 Å². The average molecular weight is 331 g/mol. The number of sulfonamides is 1. The molecule has 23 heavy (non-hydrogen) atoms. The number of fused-ring (bicyclic) bond motifs is 1. The molecule has 3 atom stereocenters. The molecule has 0 heterocycles. The molecule has 2 N–H and O–H groups in total. The van der Waals surface area contributed by atoms with Gasteiger partial charge in [-0.1, -0.05) is 61.5 Å². The Balaban J connectivity index is 1.74. The summed E-state index contributed by atoms with van der Waals surface area (Å²) in [5, 5.41) is 10.2. The highest BCUT2D eigenvalue weighted by atomic mass is 32.2. The van der Waals surface area contributed by atoms with E-state index in [-0.39, 0.29) is 11.7 Å². The van der Waals surface area contributed by atoms with Crippen molar-refractivity contribution in [3.63, 3.8) is 0 Å². The smallest absolute Gasteiger partial charge is 0.212 e. The van der Waals surface area contributed by atoms with Crippen molar-refractivity contribution in [3.05, 3.63) is 71.3 Å². The van der Waals surface area contributed by atoms with Gasteiger partial charge < -0.3 is 5.11 Å². The third-order valence-corrected chi connectivity index (χ3v) is 5.90. The van der Waals surface area contributed by atoms with Gasteiger partial charge in [0, 0.05) is 6.42 Å². The molecule has 0 fully saturated rings. The minimum absolute atomic E-state index is 0.00238. The van der Waals surface area contributed by atoms with Gasteiger partial charge in [0.15, 0.2) is 0 Å². The summed E-state index contributed by atoms with van der Waals surface area (Å²) in [5.74, 6) is -0.106. The zero-order valence-electron chi connectivity index (χ0n) is 13.0. The van der Waals surface area contributed by atoms with Gasteiger partial charge in [0.05, 0.1) is 17.9 Å². The van der Waals surface area contributed by atoms with Crippen LogP contribution in [0.4, 0.5) is 0 Å². The van der Waals surface area contributed by atoms with E-state index in [9.17, 15) is 13.5 Å². The second-order valence-electron chi connectivity index (χ2n) is 6.16. The van der Waals surface area contributed by atoms with Crippen molar-refractivity contribution in [2.75, 3.05) is 5.75 Å². The molecule has 2 aromatic carbocycles. The molecule has 3 unspecified atom stereocenters. The van der Waals surface area contributed by atoms with Gasteiger partial charge in [0.2, 0.25) is 10.0 Å². The Kier molecular flexibility index (Phi) is 4.53. The van der Waals surface area contributed by atoms with Crippen LogP contribution in [0.15, 0.2) is 54.6 Å². The number of aliphatic hydroxyl groups excluding tert-OH is 1. The molecule has 0 aliphatic heterocycles. The normalized spacial score (nSPS) is 21.8. The Morgan fingerprint density at radius 2 is 1.78 bits per heavy atom. The van der Waals surface area contributed by atoms with Gasteiger partial charge in [-0.3, -0.25) is 0 Å². The Hall–Kier alpha value is -1.69. The summed E-state index contributed by atoms with van der Waals surface area (Å²) < 4.78 is 27.7. The van der Waals surface area contributed by atoms with E-state index >= 15 is 0 Å². The quantitative estimate of drug-likeness (QED) is 0.884. The lowest BCUT2D eigenvalue weighted by atomic mass is 10.0. The lowest BCUT2D eigenvalue weighted by Gasteiger charge is -2.20. The van der Waals surface area contributed by atoms with E-state index in [4.69, 9.17) is 0 Å². The van der Waals surface area contributed by atoms with Crippen LogP contribution in [0.3, 0.4) is 0 Å². The largest absolute Gasteiger partial charge is 0.391 e. The number of hydrogen-bond donors (Lipinski definition) is 2. The van der Waals surface area contributed by atoms with E-state index < -0.39 is 22.2 Å². The van der Waals surface area contributed by atoms with Gasteiger partial charge in [0.1, 0.15) is 0 Å². The zero-order chi connectivity index (χ0) is 16.4. The van der Waals surface area contributed by atoms with Crippen LogP contribution in [0.5, 0.6) is 0 Å². The monoisotopic (exact) mass is 331 g/mol. The highest BCUT2D eigenvalue weighted by molar-refractivity contribution is 7.89. The fraction of sp³-hybridized carbons (Fsp3) is 0.333. The number of aliphatic hydroxyl groups is 1. The molecule has 3 rings (SSSR count). The van der Waals surface area contributed by atoms with Crippen LogP contribution >= 0.6 is 0 Å². The topological polar surface area (TPSA) is 66.4 Å². The first-order valence-electron chi connectivity index (χ1n) is 7.77. The fourth-order valence-electron chi connectivity index (χ4n) is 3.16.